The second-order valence-corrected chi connectivity index (χ2v) is 7.62. The summed E-state index contributed by atoms with van der Waals surface area (Å²) in [5, 5.41) is 11.9. The van der Waals surface area contributed by atoms with Gasteiger partial charge >= 0.3 is 5.97 Å². The van der Waals surface area contributed by atoms with E-state index in [4.69, 9.17) is 4.74 Å². The largest absolute Gasteiger partial charge is 0.493 e. The van der Waals surface area contributed by atoms with Gasteiger partial charge in [0.15, 0.2) is 0 Å². The Hall–Kier alpha value is -2.07. The van der Waals surface area contributed by atoms with Crippen molar-refractivity contribution in [1.29, 1.82) is 0 Å². The fourth-order valence-corrected chi connectivity index (χ4v) is 4.87. The minimum atomic E-state index is -0.658. The summed E-state index contributed by atoms with van der Waals surface area (Å²) in [6.07, 6.45) is 6.51. The van der Waals surface area contributed by atoms with Crippen molar-refractivity contribution in [2.24, 2.45) is 5.92 Å². The van der Waals surface area contributed by atoms with Gasteiger partial charge in [0.05, 0.1) is 6.61 Å². The smallest absolute Gasteiger partial charge is 0.320 e. The van der Waals surface area contributed by atoms with Gasteiger partial charge in [0, 0.05) is 18.0 Å². The maximum absolute atomic E-state index is 11.7. The fraction of sp³-hybridized carbons (Fsp3) is 0.500. The van der Waals surface area contributed by atoms with E-state index >= 15 is 0 Å². The zero-order chi connectivity index (χ0) is 17.9. The van der Waals surface area contributed by atoms with Gasteiger partial charge in [0.1, 0.15) is 11.8 Å². The average Bonchev–Trinajstić information content (AvgIpc) is 3.04. The molecule has 1 aliphatic heterocycles. The molecule has 0 amide bonds. The highest BCUT2D eigenvalue weighted by atomic mass is 16.5. The zero-order valence-electron chi connectivity index (χ0n) is 15.1. The third-order valence-electron chi connectivity index (χ3n) is 6.07. The van der Waals surface area contributed by atoms with E-state index in [-0.39, 0.29) is 6.04 Å². The number of aliphatic carboxylic acids is 1. The highest BCUT2D eigenvalue weighted by Gasteiger charge is 2.44. The minimum Gasteiger partial charge on any atom is -0.493 e. The first-order valence-electron chi connectivity index (χ1n) is 9.83. The third-order valence-corrected chi connectivity index (χ3v) is 6.07. The van der Waals surface area contributed by atoms with Crippen LogP contribution in [0.2, 0.25) is 0 Å². The molecule has 2 aliphatic rings. The molecule has 26 heavy (non-hydrogen) atoms. The van der Waals surface area contributed by atoms with Gasteiger partial charge < -0.3 is 9.84 Å². The monoisotopic (exact) mass is 353 g/mol. The molecule has 2 aromatic rings. The molecule has 0 bridgehead atoms. The van der Waals surface area contributed by atoms with E-state index in [1.54, 1.807) is 0 Å². The Morgan fingerprint density at radius 1 is 1.12 bits per heavy atom. The molecule has 2 fully saturated rings. The second kappa shape index (κ2) is 7.67. The molecule has 4 nitrogen and oxygen atoms in total. The van der Waals surface area contributed by atoms with Gasteiger partial charge in [0.2, 0.25) is 0 Å². The summed E-state index contributed by atoms with van der Waals surface area (Å²) in [5.74, 6) is 0.827. The van der Waals surface area contributed by atoms with Crippen molar-refractivity contribution in [3.05, 3.63) is 42.5 Å². The molecule has 3 atom stereocenters. The second-order valence-electron chi connectivity index (χ2n) is 7.62. The van der Waals surface area contributed by atoms with Crippen LogP contribution in [0.4, 0.5) is 0 Å². The highest BCUT2D eigenvalue weighted by Crippen LogP contribution is 2.39. The lowest BCUT2D eigenvalue weighted by Crippen LogP contribution is -2.43. The van der Waals surface area contributed by atoms with Crippen LogP contribution in [-0.4, -0.2) is 41.2 Å². The number of carboxylic acid groups (broad SMARTS) is 1. The van der Waals surface area contributed by atoms with Crippen molar-refractivity contribution in [1.82, 2.24) is 4.90 Å². The molecule has 1 heterocycles. The summed E-state index contributed by atoms with van der Waals surface area (Å²) in [6.45, 7) is 1.43. The number of carboxylic acids is 1. The number of rotatable bonds is 6. The van der Waals surface area contributed by atoms with E-state index in [1.165, 1.54) is 24.6 Å². The number of nitrogens with zero attached hydrogens (tertiary/aromatic N) is 1. The molecule has 1 saturated heterocycles. The van der Waals surface area contributed by atoms with Crippen LogP contribution in [-0.2, 0) is 4.79 Å². The minimum absolute atomic E-state index is 0.305. The number of likely N-dealkylation sites (tertiary alicyclic amines) is 1. The molecule has 1 saturated carbocycles. The van der Waals surface area contributed by atoms with Gasteiger partial charge in [-0.2, -0.15) is 0 Å². The Bertz CT molecular complexity index is 770. The van der Waals surface area contributed by atoms with Crippen LogP contribution in [0.15, 0.2) is 42.5 Å². The van der Waals surface area contributed by atoms with Crippen LogP contribution in [0.3, 0.4) is 0 Å². The quantitative estimate of drug-likeness (QED) is 0.786. The van der Waals surface area contributed by atoms with Crippen LogP contribution in [0.5, 0.6) is 5.75 Å². The number of ether oxygens (including phenoxy) is 1. The first-order valence-corrected chi connectivity index (χ1v) is 9.83. The van der Waals surface area contributed by atoms with E-state index in [1.807, 2.05) is 24.3 Å². The standard InChI is InChI=1S/C22H27NO3/c24-22(25)20-15-17-8-2-4-11-19(17)23(20)13-6-14-26-21-12-5-9-16-7-1-3-10-18(16)21/h1,3,5,7,9-10,12,17,19-20H,2,4,6,8,11,13-15H2,(H,24,25). The first-order chi connectivity index (χ1) is 12.7. The van der Waals surface area contributed by atoms with Gasteiger partial charge in [-0.1, -0.05) is 49.2 Å². The lowest BCUT2D eigenvalue weighted by atomic mass is 9.85. The molecule has 4 rings (SSSR count). The van der Waals surface area contributed by atoms with Crippen molar-refractivity contribution in [2.75, 3.05) is 13.2 Å². The maximum atomic E-state index is 11.7. The van der Waals surface area contributed by atoms with E-state index in [0.29, 0.717) is 18.6 Å². The van der Waals surface area contributed by atoms with Gasteiger partial charge in [-0.15, -0.1) is 0 Å². The lowest BCUT2D eigenvalue weighted by Gasteiger charge is -2.32. The molecule has 0 spiro atoms. The molecule has 0 aromatic heterocycles. The molecule has 3 unspecified atom stereocenters. The number of benzene rings is 2. The van der Waals surface area contributed by atoms with Gasteiger partial charge in [0.25, 0.3) is 0 Å². The van der Waals surface area contributed by atoms with Crippen molar-refractivity contribution >= 4 is 16.7 Å². The molecule has 1 N–H and O–H groups in total. The Morgan fingerprint density at radius 2 is 1.92 bits per heavy atom. The Labute approximate surface area is 154 Å². The van der Waals surface area contributed by atoms with Gasteiger partial charge in [-0.25, -0.2) is 0 Å². The molecule has 0 radical (unpaired) electrons. The summed E-state index contributed by atoms with van der Waals surface area (Å²) < 4.78 is 6.04. The molecular weight excluding hydrogens is 326 g/mol. The fourth-order valence-electron chi connectivity index (χ4n) is 4.87. The summed E-state index contributed by atoms with van der Waals surface area (Å²) in [6, 6.07) is 14.5. The summed E-state index contributed by atoms with van der Waals surface area (Å²) >= 11 is 0. The Balaban J connectivity index is 1.36. The van der Waals surface area contributed by atoms with Crippen LogP contribution in [0.25, 0.3) is 10.8 Å². The van der Waals surface area contributed by atoms with Crippen LogP contribution in [0, 0.1) is 5.92 Å². The van der Waals surface area contributed by atoms with E-state index in [2.05, 4.69) is 23.1 Å². The predicted molar refractivity (Wildman–Crippen MR) is 103 cm³/mol. The van der Waals surface area contributed by atoms with Crippen LogP contribution in [0.1, 0.15) is 38.5 Å². The summed E-state index contributed by atoms with van der Waals surface area (Å²) in [7, 11) is 0. The topological polar surface area (TPSA) is 49.8 Å². The summed E-state index contributed by atoms with van der Waals surface area (Å²) in [4.78, 5) is 13.9. The Morgan fingerprint density at radius 3 is 2.81 bits per heavy atom. The lowest BCUT2D eigenvalue weighted by molar-refractivity contribution is -0.142. The van der Waals surface area contributed by atoms with Gasteiger partial charge in [-0.05, 0) is 43.1 Å². The highest BCUT2D eigenvalue weighted by molar-refractivity contribution is 5.88. The van der Waals surface area contributed by atoms with Gasteiger partial charge in [-0.3, -0.25) is 9.69 Å². The van der Waals surface area contributed by atoms with Crippen molar-refractivity contribution in [2.45, 2.75) is 50.6 Å². The van der Waals surface area contributed by atoms with E-state index in [0.717, 1.165) is 36.9 Å². The molecular formula is C22H27NO3. The number of hydrogen-bond acceptors (Lipinski definition) is 3. The van der Waals surface area contributed by atoms with E-state index < -0.39 is 5.97 Å². The van der Waals surface area contributed by atoms with Crippen molar-refractivity contribution < 1.29 is 14.6 Å². The first kappa shape index (κ1) is 17.3. The Kier molecular flexibility index (Phi) is 5.11. The zero-order valence-corrected chi connectivity index (χ0v) is 15.1. The number of hydrogen-bond donors (Lipinski definition) is 1. The maximum Gasteiger partial charge on any atom is 0.320 e. The van der Waals surface area contributed by atoms with Crippen molar-refractivity contribution in [3.63, 3.8) is 0 Å². The number of carbonyl (C=O) groups is 1. The number of fused-ring (bicyclic) bond motifs is 2. The van der Waals surface area contributed by atoms with Crippen molar-refractivity contribution in [3.8, 4) is 5.75 Å². The average molecular weight is 353 g/mol. The normalized spacial score (nSPS) is 25.9. The third kappa shape index (κ3) is 3.43. The molecule has 4 heteroatoms. The SMILES string of the molecule is O=C(O)C1CC2CCCCC2N1CCCOc1cccc2ccccc12. The van der Waals surface area contributed by atoms with Crippen LogP contribution < -0.4 is 4.74 Å². The van der Waals surface area contributed by atoms with E-state index in [9.17, 15) is 9.90 Å². The summed E-state index contributed by atoms with van der Waals surface area (Å²) in [5.41, 5.74) is 0. The molecule has 1 aliphatic carbocycles. The van der Waals surface area contributed by atoms with Crippen LogP contribution >= 0.6 is 0 Å². The predicted octanol–water partition coefficient (Wildman–Crippen LogP) is 4.33. The molecule has 138 valence electrons. The molecule has 2 aromatic carbocycles.